The quantitative estimate of drug-likeness (QED) is 0.818. The predicted molar refractivity (Wildman–Crippen MR) is 94.8 cm³/mol. The van der Waals surface area contributed by atoms with Crippen LogP contribution in [0.3, 0.4) is 0 Å². The highest BCUT2D eigenvalue weighted by Crippen LogP contribution is 2.25. The van der Waals surface area contributed by atoms with Gasteiger partial charge in [0.05, 0.1) is 12.8 Å². The van der Waals surface area contributed by atoms with Crippen LogP contribution in [-0.2, 0) is 6.42 Å². The van der Waals surface area contributed by atoms with Crippen LogP contribution < -0.4 is 15.4 Å². The minimum absolute atomic E-state index is 0.402. The van der Waals surface area contributed by atoms with E-state index in [4.69, 9.17) is 10.5 Å². The van der Waals surface area contributed by atoms with Gasteiger partial charge in [0.1, 0.15) is 5.75 Å². The molecule has 1 atom stereocenters. The summed E-state index contributed by atoms with van der Waals surface area (Å²) >= 11 is 0. The molecule has 2 aromatic carbocycles. The van der Waals surface area contributed by atoms with Gasteiger partial charge in [0.2, 0.25) is 0 Å². The fourth-order valence-electron chi connectivity index (χ4n) is 2.92. The van der Waals surface area contributed by atoms with Crippen LogP contribution in [0.1, 0.15) is 25.0 Å². The molecule has 0 bridgehead atoms. The van der Waals surface area contributed by atoms with Crippen LogP contribution in [-0.4, -0.2) is 19.7 Å². The number of aryl methyl sites for hydroxylation is 1. The van der Waals surface area contributed by atoms with E-state index in [1.807, 2.05) is 12.1 Å². The van der Waals surface area contributed by atoms with Gasteiger partial charge < -0.3 is 15.4 Å². The molecule has 118 valence electrons. The summed E-state index contributed by atoms with van der Waals surface area (Å²) in [6.07, 6.45) is 0.954. The number of ether oxygens (including phenoxy) is 1. The van der Waals surface area contributed by atoms with Gasteiger partial charge in [-0.1, -0.05) is 18.2 Å². The van der Waals surface area contributed by atoms with Gasteiger partial charge in [0.25, 0.3) is 0 Å². The zero-order valence-corrected chi connectivity index (χ0v) is 14.0. The van der Waals surface area contributed by atoms with Crippen molar-refractivity contribution >= 4 is 11.4 Å². The van der Waals surface area contributed by atoms with Crippen molar-refractivity contribution in [2.75, 3.05) is 24.3 Å². The average Bonchev–Trinajstić information content (AvgIpc) is 2.48. The molecule has 0 aromatic heterocycles. The third kappa shape index (κ3) is 3.73. The van der Waals surface area contributed by atoms with Crippen molar-refractivity contribution in [3.05, 3.63) is 53.6 Å². The largest absolute Gasteiger partial charge is 0.495 e. The van der Waals surface area contributed by atoms with E-state index in [0.717, 1.165) is 18.7 Å². The maximum atomic E-state index is 6.01. The summed E-state index contributed by atoms with van der Waals surface area (Å²) < 4.78 is 5.22. The van der Waals surface area contributed by atoms with E-state index in [2.05, 4.69) is 56.0 Å². The molecule has 0 aliphatic rings. The number of hydrogen-bond donors (Lipinski definition) is 1. The van der Waals surface area contributed by atoms with Gasteiger partial charge in [-0.25, -0.2) is 0 Å². The minimum atomic E-state index is 0.402. The Bertz CT molecular complexity index is 625. The first-order valence-electron chi connectivity index (χ1n) is 7.80. The van der Waals surface area contributed by atoms with Gasteiger partial charge in [-0.15, -0.1) is 0 Å². The van der Waals surface area contributed by atoms with E-state index in [1.54, 1.807) is 7.11 Å². The molecule has 0 aliphatic carbocycles. The lowest BCUT2D eigenvalue weighted by molar-refractivity contribution is 0.417. The Balaban J connectivity index is 2.15. The second-order valence-corrected chi connectivity index (χ2v) is 5.75. The molecule has 2 N–H and O–H groups in total. The summed E-state index contributed by atoms with van der Waals surface area (Å²) in [6, 6.07) is 15.1. The summed E-state index contributed by atoms with van der Waals surface area (Å²) in [4.78, 5) is 2.42. The van der Waals surface area contributed by atoms with Crippen LogP contribution in [0.15, 0.2) is 42.5 Å². The third-order valence-electron chi connectivity index (χ3n) is 4.03. The minimum Gasteiger partial charge on any atom is -0.495 e. The SMILES string of the molecule is CCN(c1cccc(C)c1)C(C)Cc1ccc(OC)c(N)c1. The maximum Gasteiger partial charge on any atom is 0.141 e. The molecule has 0 saturated carbocycles. The number of benzene rings is 2. The molecule has 2 aromatic rings. The number of nitrogen functional groups attached to an aromatic ring is 1. The molecular weight excluding hydrogens is 272 g/mol. The normalized spacial score (nSPS) is 12.0. The Labute approximate surface area is 133 Å². The van der Waals surface area contributed by atoms with E-state index in [0.29, 0.717) is 11.7 Å². The summed E-state index contributed by atoms with van der Waals surface area (Å²) in [5.74, 6) is 0.738. The highest BCUT2D eigenvalue weighted by Gasteiger charge is 2.14. The summed E-state index contributed by atoms with van der Waals surface area (Å²) in [5, 5.41) is 0. The Hall–Kier alpha value is -2.16. The molecule has 0 amide bonds. The van der Waals surface area contributed by atoms with Gasteiger partial charge in [-0.3, -0.25) is 0 Å². The van der Waals surface area contributed by atoms with Crippen molar-refractivity contribution < 1.29 is 4.74 Å². The van der Waals surface area contributed by atoms with E-state index < -0.39 is 0 Å². The molecule has 2 rings (SSSR count). The second-order valence-electron chi connectivity index (χ2n) is 5.75. The van der Waals surface area contributed by atoms with Gasteiger partial charge in [0, 0.05) is 18.3 Å². The number of hydrogen-bond acceptors (Lipinski definition) is 3. The number of rotatable bonds is 6. The molecule has 3 nitrogen and oxygen atoms in total. The fraction of sp³-hybridized carbons (Fsp3) is 0.368. The molecule has 0 radical (unpaired) electrons. The first-order chi connectivity index (χ1) is 10.5. The van der Waals surface area contributed by atoms with Crippen LogP contribution in [0.25, 0.3) is 0 Å². The number of anilines is 2. The van der Waals surface area contributed by atoms with Crippen molar-refractivity contribution in [1.82, 2.24) is 0 Å². The Morgan fingerprint density at radius 1 is 1.18 bits per heavy atom. The standard InChI is InChI=1S/C19H26N2O/c1-5-21(17-8-6-7-14(2)11-17)15(3)12-16-9-10-19(22-4)18(20)13-16/h6-11,13,15H,5,12,20H2,1-4H3. The van der Waals surface area contributed by atoms with Crippen LogP contribution in [0.2, 0.25) is 0 Å². The first kappa shape index (κ1) is 16.2. The molecule has 1 unspecified atom stereocenters. The van der Waals surface area contributed by atoms with Gasteiger partial charge in [0.15, 0.2) is 0 Å². The molecule has 0 saturated heterocycles. The first-order valence-corrected chi connectivity index (χ1v) is 7.80. The van der Waals surface area contributed by atoms with Crippen molar-refractivity contribution in [2.24, 2.45) is 0 Å². The van der Waals surface area contributed by atoms with Crippen LogP contribution in [0, 0.1) is 6.92 Å². The summed E-state index contributed by atoms with van der Waals surface area (Å²) in [7, 11) is 1.64. The van der Waals surface area contributed by atoms with Gasteiger partial charge in [-0.05, 0) is 62.6 Å². The molecule has 3 heteroatoms. The Morgan fingerprint density at radius 2 is 1.95 bits per heavy atom. The molecule has 22 heavy (non-hydrogen) atoms. The number of nitrogens with two attached hydrogens (primary N) is 1. The number of methoxy groups -OCH3 is 1. The van der Waals surface area contributed by atoms with Crippen molar-refractivity contribution in [3.8, 4) is 5.75 Å². The zero-order valence-electron chi connectivity index (χ0n) is 14.0. The zero-order chi connectivity index (χ0) is 16.1. The molecule has 0 aliphatic heterocycles. The number of likely N-dealkylation sites (N-methyl/N-ethyl adjacent to an activating group) is 1. The molecular formula is C19H26N2O. The van der Waals surface area contributed by atoms with E-state index in [1.165, 1.54) is 16.8 Å². The maximum absolute atomic E-state index is 6.01. The second kappa shape index (κ2) is 7.21. The predicted octanol–water partition coefficient (Wildman–Crippen LogP) is 4.04. The Morgan fingerprint density at radius 3 is 2.55 bits per heavy atom. The van der Waals surface area contributed by atoms with Crippen molar-refractivity contribution in [1.29, 1.82) is 0 Å². The Kier molecular flexibility index (Phi) is 5.31. The number of nitrogens with zero attached hydrogens (tertiary/aromatic N) is 1. The highest BCUT2D eigenvalue weighted by molar-refractivity contribution is 5.55. The van der Waals surface area contributed by atoms with Crippen LogP contribution in [0.4, 0.5) is 11.4 Å². The summed E-state index contributed by atoms with van der Waals surface area (Å²) in [6.45, 7) is 7.57. The van der Waals surface area contributed by atoms with Crippen molar-refractivity contribution in [2.45, 2.75) is 33.2 Å². The fourth-order valence-corrected chi connectivity index (χ4v) is 2.92. The molecule has 0 heterocycles. The lowest BCUT2D eigenvalue weighted by Crippen LogP contribution is -2.34. The molecule has 0 spiro atoms. The smallest absolute Gasteiger partial charge is 0.141 e. The van der Waals surface area contributed by atoms with Gasteiger partial charge >= 0.3 is 0 Å². The summed E-state index contributed by atoms with van der Waals surface area (Å²) in [5.41, 5.74) is 10.5. The van der Waals surface area contributed by atoms with Crippen LogP contribution >= 0.6 is 0 Å². The van der Waals surface area contributed by atoms with E-state index >= 15 is 0 Å². The highest BCUT2D eigenvalue weighted by atomic mass is 16.5. The topological polar surface area (TPSA) is 38.5 Å². The monoisotopic (exact) mass is 298 g/mol. The van der Waals surface area contributed by atoms with Crippen molar-refractivity contribution in [3.63, 3.8) is 0 Å². The average molecular weight is 298 g/mol. The lowest BCUT2D eigenvalue weighted by Gasteiger charge is -2.30. The van der Waals surface area contributed by atoms with E-state index in [9.17, 15) is 0 Å². The molecule has 0 fully saturated rings. The lowest BCUT2D eigenvalue weighted by atomic mass is 10.0. The third-order valence-corrected chi connectivity index (χ3v) is 4.03. The van der Waals surface area contributed by atoms with Gasteiger partial charge in [-0.2, -0.15) is 0 Å². The van der Waals surface area contributed by atoms with E-state index in [-0.39, 0.29) is 0 Å². The van der Waals surface area contributed by atoms with Crippen LogP contribution in [0.5, 0.6) is 5.75 Å².